The van der Waals surface area contributed by atoms with Crippen molar-refractivity contribution >= 4 is 11.5 Å². The summed E-state index contributed by atoms with van der Waals surface area (Å²) in [5.74, 6) is 0.797. The van der Waals surface area contributed by atoms with Gasteiger partial charge >= 0.3 is 0 Å². The SMILES string of the molecule is N#Cc1nnsc1-c1ccc(OCC2CO2)cc1. The topological polar surface area (TPSA) is 71.3 Å². The van der Waals surface area contributed by atoms with Gasteiger partial charge in [-0.3, -0.25) is 0 Å². The van der Waals surface area contributed by atoms with Gasteiger partial charge in [-0.25, -0.2) is 0 Å². The Labute approximate surface area is 108 Å². The van der Waals surface area contributed by atoms with Crippen LogP contribution in [0.5, 0.6) is 5.75 Å². The van der Waals surface area contributed by atoms with Crippen LogP contribution in [-0.2, 0) is 4.74 Å². The highest BCUT2D eigenvalue weighted by Crippen LogP contribution is 2.27. The summed E-state index contributed by atoms with van der Waals surface area (Å²) >= 11 is 1.22. The van der Waals surface area contributed by atoms with E-state index in [4.69, 9.17) is 14.7 Å². The zero-order valence-corrected chi connectivity index (χ0v) is 10.2. The first-order valence-electron chi connectivity index (χ1n) is 5.44. The second kappa shape index (κ2) is 4.72. The summed E-state index contributed by atoms with van der Waals surface area (Å²) in [7, 11) is 0. The molecule has 0 saturated carbocycles. The standard InChI is InChI=1S/C12H9N3O2S/c13-5-11-12(18-15-14-11)8-1-3-9(4-2-8)16-6-10-7-17-10/h1-4,10H,6-7H2. The van der Waals surface area contributed by atoms with E-state index in [0.29, 0.717) is 12.3 Å². The van der Waals surface area contributed by atoms with Crippen molar-refractivity contribution in [1.29, 1.82) is 5.26 Å². The Hall–Kier alpha value is -1.97. The van der Waals surface area contributed by atoms with E-state index in [9.17, 15) is 0 Å². The zero-order valence-electron chi connectivity index (χ0n) is 9.37. The number of hydrogen-bond donors (Lipinski definition) is 0. The van der Waals surface area contributed by atoms with Crippen LogP contribution in [0.15, 0.2) is 24.3 Å². The maximum Gasteiger partial charge on any atom is 0.183 e. The molecule has 2 aromatic rings. The molecule has 1 saturated heterocycles. The highest BCUT2D eigenvalue weighted by atomic mass is 32.1. The Morgan fingerprint density at radius 3 is 2.89 bits per heavy atom. The van der Waals surface area contributed by atoms with Gasteiger partial charge in [-0.1, -0.05) is 4.49 Å². The first-order chi connectivity index (χ1) is 8.86. The molecule has 6 heteroatoms. The summed E-state index contributed by atoms with van der Waals surface area (Å²) < 4.78 is 14.4. The van der Waals surface area contributed by atoms with E-state index in [1.807, 2.05) is 30.3 Å². The summed E-state index contributed by atoms with van der Waals surface area (Å²) in [4.78, 5) is 0.787. The molecule has 0 radical (unpaired) electrons. The molecule has 1 aliphatic heterocycles. The van der Waals surface area contributed by atoms with Gasteiger partial charge in [0.2, 0.25) is 0 Å². The second-order valence-corrected chi connectivity index (χ2v) is 4.61. The number of epoxide rings is 1. The second-order valence-electron chi connectivity index (χ2n) is 3.85. The summed E-state index contributed by atoms with van der Waals surface area (Å²) in [6.45, 7) is 1.38. The van der Waals surface area contributed by atoms with Crippen LogP contribution in [0.3, 0.4) is 0 Å². The van der Waals surface area contributed by atoms with Crippen LogP contribution in [0.2, 0.25) is 0 Å². The summed E-state index contributed by atoms with van der Waals surface area (Å²) in [6.07, 6.45) is 0.251. The number of ether oxygens (including phenoxy) is 2. The summed E-state index contributed by atoms with van der Waals surface area (Å²) in [5.41, 5.74) is 1.29. The normalized spacial score (nSPS) is 17.2. The van der Waals surface area contributed by atoms with Gasteiger partial charge in [0.15, 0.2) is 5.69 Å². The fourth-order valence-corrected chi connectivity index (χ4v) is 2.13. The van der Waals surface area contributed by atoms with Crippen LogP contribution in [0, 0.1) is 11.3 Å². The maximum absolute atomic E-state index is 8.89. The first kappa shape index (κ1) is 11.1. The van der Waals surface area contributed by atoms with Crippen LogP contribution >= 0.6 is 11.5 Å². The molecular weight excluding hydrogens is 250 g/mol. The third-order valence-electron chi connectivity index (χ3n) is 2.55. The molecule has 0 spiro atoms. The lowest BCUT2D eigenvalue weighted by molar-refractivity contribution is 0.263. The number of rotatable bonds is 4. The monoisotopic (exact) mass is 259 g/mol. The molecule has 1 aromatic carbocycles. The van der Waals surface area contributed by atoms with E-state index in [1.54, 1.807) is 0 Å². The Morgan fingerprint density at radius 1 is 1.44 bits per heavy atom. The van der Waals surface area contributed by atoms with Gasteiger partial charge in [0, 0.05) is 0 Å². The van der Waals surface area contributed by atoms with E-state index < -0.39 is 0 Å². The molecule has 3 rings (SSSR count). The van der Waals surface area contributed by atoms with Crippen molar-refractivity contribution in [3.63, 3.8) is 0 Å². The van der Waals surface area contributed by atoms with Gasteiger partial charge in [0.05, 0.1) is 11.5 Å². The minimum atomic E-state index is 0.251. The summed E-state index contributed by atoms with van der Waals surface area (Å²) in [6, 6.07) is 9.58. The van der Waals surface area contributed by atoms with Gasteiger partial charge in [0.1, 0.15) is 24.5 Å². The Kier molecular flexibility index (Phi) is 2.92. The van der Waals surface area contributed by atoms with Crippen molar-refractivity contribution in [3.8, 4) is 22.3 Å². The van der Waals surface area contributed by atoms with Crippen molar-refractivity contribution in [1.82, 2.24) is 9.59 Å². The third-order valence-corrected chi connectivity index (χ3v) is 3.32. The van der Waals surface area contributed by atoms with E-state index in [2.05, 4.69) is 9.59 Å². The molecule has 1 aromatic heterocycles. The quantitative estimate of drug-likeness (QED) is 0.784. The van der Waals surface area contributed by atoms with Crippen molar-refractivity contribution in [2.45, 2.75) is 6.10 Å². The van der Waals surface area contributed by atoms with Crippen molar-refractivity contribution in [3.05, 3.63) is 30.0 Å². The Balaban J connectivity index is 1.75. The highest BCUT2D eigenvalue weighted by molar-refractivity contribution is 7.09. The average molecular weight is 259 g/mol. The first-order valence-corrected chi connectivity index (χ1v) is 6.21. The molecule has 1 atom stereocenters. The molecule has 90 valence electrons. The van der Waals surface area contributed by atoms with Gasteiger partial charge in [-0.2, -0.15) is 5.26 Å². The van der Waals surface area contributed by atoms with Gasteiger partial charge in [0.25, 0.3) is 0 Å². The molecule has 0 amide bonds. The van der Waals surface area contributed by atoms with E-state index in [1.165, 1.54) is 11.5 Å². The lowest BCUT2D eigenvalue weighted by Gasteiger charge is -2.04. The largest absolute Gasteiger partial charge is 0.491 e. The smallest absolute Gasteiger partial charge is 0.183 e. The van der Waals surface area contributed by atoms with Gasteiger partial charge in [-0.15, -0.1) is 5.10 Å². The molecule has 0 bridgehead atoms. The lowest BCUT2D eigenvalue weighted by atomic mass is 10.1. The Morgan fingerprint density at radius 2 is 2.22 bits per heavy atom. The third kappa shape index (κ3) is 2.32. The number of aromatic nitrogens is 2. The predicted octanol–water partition coefficient (Wildman–Crippen LogP) is 1.85. The predicted molar refractivity (Wildman–Crippen MR) is 65.3 cm³/mol. The molecule has 1 fully saturated rings. The zero-order chi connectivity index (χ0) is 12.4. The highest BCUT2D eigenvalue weighted by Gasteiger charge is 2.23. The van der Waals surface area contributed by atoms with Crippen LogP contribution in [-0.4, -0.2) is 28.9 Å². The number of nitrogens with zero attached hydrogens (tertiary/aromatic N) is 3. The Bertz CT molecular complexity index is 584. The van der Waals surface area contributed by atoms with Crippen LogP contribution in [0.4, 0.5) is 0 Å². The van der Waals surface area contributed by atoms with E-state index in [-0.39, 0.29) is 6.10 Å². The van der Waals surface area contributed by atoms with Crippen LogP contribution in [0.25, 0.3) is 10.4 Å². The van der Waals surface area contributed by atoms with E-state index >= 15 is 0 Å². The van der Waals surface area contributed by atoms with Crippen molar-refractivity contribution < 1.29 is 9.47 Å². The van der Waals surface area contributed by atoms with Gasteiger partial charge in [-0.05, 0) is 41.4 Å². The summed E-state index contributed by atoms with van der Waals surface area (Å²) in [5, 5.41) is 12.7. The van der Waals surface area contributed by atoms with E-state index in [0.717, 1.165) is 22.8 Å². The van der Waals surface area contributed by atoms with Crippen molar-refractivity contribution in [2.24, 2.45) is 0 Å². The molecule has 2 heterocycles. The minimum absolute atomic E-state index is 0.251. The lowest BCUT2D eigenvalue weighted by Crippen LogP contribution is -2.03. The fourth-order valence-electron chi connectivity index (χ4n) is 1.51. The molecule has 1 aliphatic rings. The molecule has 5 nitrogen and oxygen atoms in total. The average Bonchev–Trinajstić information content (AvgIpc) is 3.12. The fraction of sp³-hybridized carbons (Fsp3) is 0.250. The van der Waals surface area contributed by atoms with Crippen LogP contribution < -0.4 is 4.74 Å². The number of nitriles is 1. The minimum Gasteiger partial charge on any atom is -0.491 e. The molecule has 1 unspecified atom stereocenters. The molecular formula is C12H9N3O2S. The number of benzene rings is 1. The molecule has 0 aliphatic carbocycles. The number of hydrogen-bond acceptors (Lipinski definition) is 6. The van der Waals surface area contributed by atoms with Gasteiger partial charge < -0.3 is 9.47 Å². The maximum atomic E-state index is 8.89. The van der Waals surface area contributed by atoms with Crippen LogP contribution in [0.1, 0.15) is 5.69 Å². The van der Waals surface area contributed by atoms with Crippen molar-refractivity contribution in [2.75, 3.05) is 13.2 Å². The molecule has 0 N–H and O–H groups in total. The molecule has 18 heavy (non-hydrogen) atoms.